The normalized spacial score (nSPS) is 9.29. The molecule has 4 heteroatoms. The number of urea groups is 1. The van der Waals surface area contributed by atoms with Crippen molar-refractivity contribution in [2.24, 2.45) is 0 Å². The fraction of sp³-hybridized carbons (Fsp3) is 0.300. The van der Waals surface area contributed by atoms with Gasteiger partial charge in [0.05, 0.1) is 7.11 Å². The lowest BCUT2D eigenvalue weighted by Crippen LogP contribution is -2.32. The standard InChI is InChI=1S/C10H14N2O2/c1-11-10(13)12-7-8-3-5-9(14-2)6-4-8/h3-6H,7H2,1-2H3,(H2,11,12,13). The summed E-state index contributed by atoms with van der Waals surface area (Å²) in [6.07, 6.45) is 0. The Morgan fingerprint density at radius 3 is 2.50 bits per heavy atom. The molecule has 1 rings (SSSR count). The molecule has 0 bridgehead atoms. The molecule has 0 aliphatic rings. The number of nitrogens with one attached hydrogen (secondary N) is 2. The molecule has 76 valence electrons. The lowest BCUT2D eigenvalue weighted by atomic mass is 10.2. The van der Waals surface area contributed by atoms with Crippen LogP contribution in [0.5, 0.6) is 5.75 Å². The molecule has 4 nitrogen and oxygen atoms in total. The number of rotatable bonds is 3. The third kappa shape index (κ3) is 2.97. The molecule has 0 spiro atoms. The van der Waals surface area contributed by atoms with Gasteiger partial charge in [0, 0.05) is 13.6 Å². The summed E-state index contributed by atoms with van der Waals surface area (Å²) in [6.45, 7) is 0.518. The highest BCUT2D eigenvalue weighted by atomic mass is 16.5. The number of carbonyl (C=O) groups excluding carboxylic acids is 1. The lowest BCUT2D eigenvalue weighted by Gasteiger charge is -2.05. The van der Waals surface area contributed by atoms with Crippen molar-refractivity contribution in [1.82, 2.24) is 10.6 Å². The summed E-state index contributed by atoms with van der Waals surface area (Å²) in [5.74, 6) is 0.814. The van der Waals surface area contributed by atoms with Crippen LogP contribution in [0.25, 0.3) is 0 Å². The average molecular weight is 194 g/mol. The number of amides is 2. The summed E-state index contributed by atoms with van der Waals surface area (Å²) in [5, 5.41) is 5.18. The zero-order valence-corrected chi connectivity index (χ0v) is 8.33. The number of hydrogen-bond acceptors (Lipinski definition) is 2. The summed E-state index contributed by atoms with van der Waals surface area (Å²) >= 11 is 0. The molecule has 0 radical (unpaired) electrons. The maximum absolute atomic E-state index is 10.9. The van der Waals surface area contributed by atoms with Crippen molar-refractivity contribution in [2.45, 2.75) is 6.54 Å². The third-order valence-corrected chi connectivity index (χ3v) is 1.84. The summed E-state index contributed by atoms with van der Waals surface area (Å²) in [5.41, 5.74) is 1.04. The maximum Gasteiger partial charge on any atom is 0.314 e. The number of hydrogen-bond donors (Lipinski definition) is 2. The zero-order valence-electron chi connectivity index (χ0n) is 8.33. The van der Waals surface area contributed by atoms with Gasteiger partial charge in [0.1, 0.15) is 5.75 Å². The third-order valence-electron chi connectivity index (χ3n) is 1.84. The minimum absolute atomic E-state index is 0.180. The second-order valence-corrected chi connectivity index (χ2v) is 2.78. The van der Waals surface area contributed by atoms with Crippen molar-refractivity contribution in [1.29, 1.82) is 0 Å². The molecule has 0 aliphatic carbocycles. The van der Waals surface area contributed by atoms with E-state index in [2.05, 4.69) is 10.6 Å². The molecule has 0 fully saturated rings. The van der Waals surface area contributed by atoms with Gasteiger partial charge in [-0.1, -0.05) is 12.1 Å². The van der Waals surface area contributed by atoms with Gasteiger partial charge in [0.2, 0.25) is 0 Å². The highest BCUT2D eigenvalue weighted by Crippen LogP contribution is 2.10. The van der Waals surface area contributed by atoms with Crippen molar-refractivity contribution < 1.29 is 9.53 Å². The van der Waals surface area contributed by atoms with E-state index in [4.69, 9.17) is 4.74 Å². The van der Waals surface area contributed by atoms with Gasteiger partial charge in [-0.2, -0.15) is 0 Å². The predicted molar refractivity (Wildman–Crippen MR) is 54.3 cm³/mol. The van der Waals surface area contributed by atoms with E-state index in [1.165, 1.54) is 0 Å². The first-order chi connectivity index (χ1) is 6.76. The molecule has 0 heterocycles. The monoisotopic (exact) mass is 194 g/mol. The first-order valence-corrected chi connectivity index (χ1v) is 4.34. The predicted octanol–water partition coefficient (Wildman–Crippen LogP) is 1.12. The Morgan fingerprint density at radius 2 is 2.00 bits per heavy atom. The van der Waals surface area contributed by atoms with E-state index in [1.807, 2.05) is 24.3 Å². The van der Waals surface area contributed by atoms with Gasteiger partial charge in [-0.05, 0) is 17.7 Å². The number of methoxy groups -OCH3 is 1. The van der Waals surface area contributed by atoms with Crippen molar-refractivity contribution in [2.75, 3.05) is 14.2 Å². The molecular weight excluding hydrogens is 180 g/mol. The van der Waals surface area contributed by atoms with Gasteiger partial charge in [-0.25, -0.2) is 4.79 Å². The molecule has 2 amide bonds. The molecule has 0 atom stereocenters. The Labute approximate surface area is 83.3 Å². The lowest BCUT2D eigenvalue weighted by molar-refractivity contribution is 0.242. The maximum atomic E-state index is 10.9. The molecule has 0 aliphatic heterocycles. The molecular formula is C10H14N2O2. The zero-order chi connectivity index (χ0) is 10.4. The molecule has 14 heavy (non-hydrogen) atoms. The van der Waals surface area contributed by atoms with Crippen LogP contribution >= 0.6 is 0 Å². The van der Waals surface area contributed by atoms with Crippen LogP contribution < -0.4 is 15.4 Å². The van der Waals surface area contributed by atoms with Crippen LogP contribution in [0.4, 0.5) is 4.79 Å². The van der Waals surface area contributed by atoms with E-state index < -0.39 is 0 Å². The van der Waals surface area contributed by atoms with Crippen LogP contribution in [0.1, 0.15) is 5.56 Å². The van der Waals surface area contributed by atoms with E-state index in [9.17, 15) is 4.79 Å². The van der Waals surface area contributed by atoms with Gasteiger partial charge in [0.25, 0.3) is 0 Å². The largest absolute Gasteiger partial charge is 0.497 e. The summed E-state index contributed by atoms with van der Waals surface area (Å²) < 4.78 is 5.02. The molecule has 0 saturated carbocycles. The smallest absolute Gasteiger partial charge is 0.314 e. The summed E-state index contributed by atoms with van der Waals surface area (Å²) in [6, 6.07) is 7.37. The van der Waals surface area contributed by atoms with Crippen molar-refractivity contribution in [3.63, 3.8) is 0 Å². The van der Waals surface area contributed by atoms with Gasteiger partial charge < -0.3 is 15.4 Å². The van der Waals surface area contributed by atoms with Crippen LogP contribution in [0.2, 0.25) is 0 Å². The first-order valence-electron chi connectivity index (χ1n) is 4.34. The molecule has 1 aromatic carbocycles. The number of ether oxygens (including phenoxy) is 1. The Kier molecular flexibility index (Phi) is 3.79. The highest BCUT2D eigenvalue weighted by Gasteiger charge is 1.97. The van der Waals surface area contributed by atoms with Crippen LogP contribution in [-0.2, 0) is 6.54 Å². The fourth-order valence-corrected chi connectivity index (χ4v) is 1.01. The van der Waals surface area contributed by atoms with Crippen molar-refractivity contribution in [3.05, 3.63) is 29.8 Å². The molecule has 0 saturated heterocycles. The Morgan fingerprint density at radius 1 is 1.36 bits per heavy atom. The van der Waals surface area contributed by atoms with E-state index in [1.54, 1.807) is 14.2 Å². The quantitative estimate of drug-likeness (QED) is 0.757. The topological polar surface area (TPSA) is 50.4 Å². The second-order valence-electron chi connectivity index (χ2n) is 2.78. The fourth-order valence-electron chi connectivity index (χ4n) is 1.01. The van der Waals surface area contributed by atoms with Gasteiger partial charge in [0.15, 0.2) is 0 Å². The first kappa shape index (κ1) is 10.4. The molecule has 2 N–H and O–H groups in total. The Balaban J connectivity index is 2.47. The highest BCUT2D eigenvalue weighted by molar-refractivity contribution is 5.73. The van der Waals surface area contributed by atoms with Gasteiger partial charge >= 0.3 is 6.03 Å². The Bertz CT molecular complexity index is 295. The van der Waals surface area contributed by atoms with E-state index >= 15 is 0 Å². The van der Waals surface area contributed by atoms with Crippen LogP contribution in [0.3, 0.4) is 0 Å². The molecule has 0 unspecified atom stereocenters. The Hall–Kier alpha value is -1.71. The molecule has 0 aromatic heterocycles. The van der Waals surface area contributed by atoms with E-state index in [-0.39, 0.29) is 6.03 Å². The van der Waals surface area contributed by atoms with E-state index in [0.29, 0.717) is 6.54 Å². The second kappa shape index (κ2) is 5.11. The van der Waals surface area contributed by atoms with Crippen LogP contribution in [0, 0.1) is 0 Å². The summed E-state index contributed by atoms with van der Waals surface area (Å²) in [4.78, 5) is 10.9. The minimum Gasteiger partial charge on any atom is -0.497 e. The molecule has 1 aromatic rings. The number of benzene rings is 1. The van der Waals surface area contributed by atoms with Crippen molar-refractivity contribution in [3.8, 4) is 5.75 Å². The summed E-state index contributed by atoms with van der Waals surface area (Å²) in [7, 11) is 3.21. The SMILES string of the molecule is CNC(=O)NCc1ccc(OC)cc1. The van der Waals surface area contributed by atoms with Crippen LogP contribution in [0.15, 0.2) is 24.3 Å². The van der Waals surface area contributed by atoms with Gasteiger partial charge in [-0.15, -0.1) is 0 Å². The average Bonchev–Trinajstić information content (AvgIpc) is 2.26. The van der Waals surface area contributed by atoms with Crippen LogP contribution in [-0.4, -0.2) is 20.2 Å². The van der Waals surface area contributed by atoms with Gasteiger partial charge in [-0.3, -0.25) is 0 Å². The number of carbonyl (C=O) groups is 1. The minimum atomic E-state index is -0.180. The van der Waals surface area contributed by atoms with E-state index in [0.717, 1.165) is 11.3 Å². The van der Waals surface area contributed by atoms with Crippen molar-refractivity contribution >= 4 is 6.03 Å².